The van der Waals surface area contributed by atoms with Gasteiger partial charge in [-0.2, -0.15) is 0 Å². The first kappa shape index (κ1) is 11.1. The van der Waals surface area contributed by atoms with Crippen LogP contribution in [0.5, 0.6) is 0 Å². The van der Waals surface area contributed by atoms with Crippen LogP contribution in [0.2, 0.25) is 0 Å². The largest absolute Gasteiger partial charge is 0.293 e. The Hall–Kier alpha value is -0.440. The van der Waals surface area contributed by atoms with Crippen LogP contribution in [-0.2, 0) is 15.6 Å². The molecular weight excluding hydrogens is 208 g/mol. The lowest BCUT2D eigenvalue weighted by molar-refractivity contribution is -0.114. The van der Waals surface area contributed by atoms with E-state index >= 15 is 0 Å². The van der Waals surface area contributed by atoms with Crippen LogP contribution in [-0.4, -0.2) is 20.0 Å². The smallest absolute Gasteiger partial charge is 0.171 e. The summed E-state index contributed by atoms with van der Waals surface area (Å²) in [5, 5.41) is -0.248. The van der Waals surface area contributed by atoms with Gasteiger partial charge in [-0.1, -0.05) is 5.57 Å². The summed E-state index contributed by atoms with van der Waals surface area (Å²) < 4.78 is 12.0. The number of rotatable bonds is 1. The Morgan fingerprint density at radius 1 is 1.40 bits per heavy atom. The van der Waals surface area contributed by atoms with Crippen LogP contribution < -0.4 is 0 Å². The van der Waals surface area contributed by atoms with Gasteiger partial charge in [0.1, 0.15) is 5.25 Å². The number of carbonyl (C=O) groups excluding carboxylic acids is 1. The van der Waals surface area contributed by atoms with Crippen LogP contribution in [0.3, 0.4) is 0 Å². The molecule has 2 aliphatic carbocycles. The molecule has 1 saturated carbocycles. The molecule has 15 heavy (non-hydrogen) atoms. The number of ketones is 1. The molecule has 0 aromatic rings. The molecule has 0 bridgehead atoms. The van der Waals surface area contributed by atoms with Crippen molar-refractivity contribution in [2.24, 2.45) is 5.92 Å². The van der Waals surface area contributed by atoms with E-state index in [0.717, 1.165) is 19.3 Å². The van der Waals surface area contributed by atoms with E-state index in [9.17, 15) is 9.00 Å². The molecule has 1 fully saturated rings. The minimum atomic E-state index is -1.06. The lowest BCUT2D eigenvalue weighted by atomic mass is 10.1. The van der Waals surface area contributed by atoms with Gasteiger partial charge in [0.15, 0.2) is 5.78 Å². The number of fused-ring (bicyclic) bond motifs is 1. The molecule has 0 aliphatic heterocycles. The molecule has 2 nitrogen and oxygen atoms in total. The van der Waals surface area contributed by atoms with Crippen LogP contribution in [0.25, 0.3) is 0 Å². The van der Waals surface area contributed by atoms with Crippen molar-refractivity contribution in [2.75, 3.05) is 0 Å². The Morgan fingerprint density at radius 3 is 2.67 bits per heavy atom. The SMILES string of the molecule is CC(C)(C)[S@@](=O)[C@H]1C(=O)C=C2CCC[C@@H]21. The first-order valence-corrected chi connectivity index (χ1v) is 6.77. The van der Waals surface area contributed by atoms with E-state index < -0.39 is 10.8 Å². The molecule has 0 spiro atoms. The second kappa shape index (κ2) is 3.55. The summed E-state index contributed by atoms with van der Waals surface area (Å²) in [4.78, 5) is 11.8. The zero-order valence-corrected chi connectivity index (χ0v) is 10.4. The van der Waals surface area contributed by atoms with E-state index in [1.54, 1.807) is 6.08 Å². The summed E-state index contributed by atoms with van der Waals surface area (Å²) in [5.74, 6) is 0.389. The predicted octanol–water partition coefficient (Wildman–Crippen LogP) is 2.21. The van der Waals surface area contributed by atoms with E-state index in [4.69, 9.17) is 0 Å². The highest BCUT2D eigenvalue weighted by atomic mass is 32.2. The third kappa shape index (κ3) is 1.82. The lowest BCUT2D eigenvalue weighted by Gasteiger charge is -2.25. The standard InChI is InChI=1S/C12H18O2S/c1-12(2,3)15(14)11-9-6-4-5-8(9)7-10(11)13/h7,9,11H,4-6H2,1-3H3/t9-,11+,15-/m0/s1. The summed E-state index contributed by atoms with van der Waals surface area (Å²) in [6, 6.07) is 0. The van der Waals surface area contributed by atoms with Crippen molar-refractivity contribution in [2.45, 2.75) is 50.0 Å². The van der Waals surface area contributed by atoms with Gasteiger partial charge in [-0.25, -0.2) is 0 Å². The van der Waals surface area contributed by atoms with Gasteiger partial charge in [0.25, 0.3) is 0 Å². The van der Waals surface area contributed by atoms with Crippen LogP contribution in [0.4, 0.5) is 0 Å². The number of hydrogen-bond acceptors (Lipinski definition) is 2. The fraction of sp³-hybridized carbons (Fsp3) is 0.750. The average molecular weight is 226 g/mol. The Bertz CT molecular complexity index is 349. The molecule has 0 aromatic carbocycles. The maximum Gasteiger partial charge on any atom is 0.171 e. The average Bonchev–Trinajstić information content (AvgIpc) is 2.60. The molecule has 2 rings (SSSR count). The highest BCUT2D eigenvalue weighted by Crippen LogP contribution is 2.42. The molecule has 0 heterocycles. The van der Waals surface area contributed by atoms with Gasteiger partial charge in [-0.15, -0.1) is 0 Å². The van der Waals surface area contributed by atoms with Crippen molar-refractivity contribution in [1.29, 1.82) is 0 Å². The summed E-state index contributed by atoms with van der Waals surface area (Å²) >= 11 is 0. The molecule has 3 heteroatoms. The minimum Gasteiger partial charge on any atom is -0.293 e. The van der Waals surface area contributed by atoms with Crippen molar-refractivity contribution < 1.29 is 9.00 Å². The van der Waals surface area contributed by atoms with Crippen molar-refractivity contribution in [3.8, 4) is 0 Å². The predicted molar refractivity (Wildman–Crippen MR) is 62.1 cm³/mol. The first-order valence-electron chi connectivity index (χ1n) is 5.56. The lowest BCUT2D eigenvalue weighted by Crippen LogP contribution is -2.37. The minimum absolute atomic E-state index is 0.1000. The highest BCUT2D eigenvalue weighted by Gasteiger charge is 2.44. The van der Waals surface area contributed by atoms with Gasteiger partial charge in [0.05, 0.1) is 0 Å². The van der Waals surface area contributed by atoms with Crippen LogP contribution in [0.15, 0.2) is 11.6 Å². The van der Waals surface area contributed by atoms with Gasteiger partial charge < -0.3 is 0 Å². The summed E-state index contributed by atoms with van der Waals surface area (Å²) in [6.45, 7) is 5.84. The van der Waals surface area contributed by atoms with Gasteiger partial charge in [-0.3, -0.25) is 9.00 Å². The Balaban J connectivity index is 2.25. The van der Waals surface area contributed by atoms with Crippen molar-refractivity contribution in [3.05, 3.63) is 11.6 Å². The van der Waals surface area contributed by atoms with Gasteiger partial charge in [-0.05, 0) is 46.1 Å². The summed E-state index contributed by atoms with van der Waals surface area (Å²) in [6.07, 6.45) is 4.99. The Morgan fingerprint density at radius 2 is 2.07 bits per heavy atom. The van der Waals surface area contributed by atoms with E-state index in [1.807, 2.05) is 20.8 Å². The first-order chi connectivity index (χ1) is 6.91. The molecule has 0 radical (unpaired) electrons. The van der Waals surface area contributed by atoms with Gasteiger partial charge in [0, 0.05) is 21.5 Å². The zero-order chi connectivity index (χ0) is 11.2. The van der Waals surface area contributed by atoms with Crippen molar-refractivity contribution in [3.63, 3.8) is 0 Å². The van der Waals surface area contributed by atoms with Crippen LogP contribution in [0.1, 0.15) is 40.0 Å². The second-order valence-corrected chi connectivity index (χ2v) is 7.78. The Kier molecular flexibility index (Phi) is 2.61. The summed E-state index contributed by atoms with van der Waals surface area (Å²) in [5.41, 5.74) is 1.25. The molecule has 2 aliphatic rings. The fourth-order valence-electron chi connectivity index (χ4n) is 2.52. The third-order valence-corrected chi connectivity index (χ3v) is 5.49. The molecular formula is C12H18O2S. The van der Waals surface area contributed by atoms with E-state index in [0.29, 0.717) is 0 Å². The van der Waals surface area contributed by atoms with Crippen LogP contribution >= 0.6 is 0 Å². The van der Waals surface area contributed by atoms with Crippen molar-refractivity contribution >= 4 is 16.6 Å². The number of allylic oxidation sites excluding steroid dienone is 2. The maximum atomic E-state index is 12.3. The topological polar surface area (TPSA) is 34.1 Å². The third-order valence-electron chi connectivity index (χ3n) is 3.26. The van der Waals surface area contributed by atoms with E-state index in [1.165, 1.54) is 5.57 Å². The molecule has 0 unspecified atom stereocenters. The second-order valence-electron chi connectivity index (χ2n) is 5.45. The quantitative estimate of drug-likeness (QED) is 0.687. The van der Waals surface area contributed by atoms with E-state index in [-0.39, 0.29) is 21.7 Å². The molecule has 84 valence electrons. The highest BCUT2D eigenvalue weighted by molar-refractivity contribution is 7.87. The normalized spacial score (nSPS) is 32.7. The van der Waals surface area contributed by atoms with Gasteiger partial charge >= 0.3 is 0 Å². The maximum absolute atomic E-state index is 12.3. The monoisotopic (exact) mass is 226 g/mol. The van der Waals surface area contributed by atoms with Crippen LogP contribution in [0, 0.1) is 5.92 Å². The molecule has 0 aromatic heterocycles. The van der Waals surface area contributed by atoms with Gasteiger partial charge in [0.2, 0.25) is 0 Å². The number of carbonyl (C=O) groups is 1. The molecule has 3 atom stereocenters. The van der Waals surface area contributed by atoms with E-state index in [2.05, 4.69) is 0 Å². The van der Waals surface area contributed by atoms with Crippen molar-refractivity contribution in [1.82, 2.24) is 0 Å². The molecule has 0 N–H and O–H groups in total. The Labute approximate surface area is 93.6 Å². The summed E-state index contributed by atoms with van der Waals surface area (Å²) in [7, 11) is -1.06. The molecule has 0 saturated heterocycles. The number of hydrogen-bond donors (Lipinski definition) is 0. The zero-order valence-electron chi connectivity index (χ0n) is 9.58. The molecule has 0 amide bonds. The fourth-order valence-corrected chi connectivity index (χ4v) is 4.17.